The minimum Gasteiger partial charge on any atom is -0.479 e. The second-order valence-electron chi connectivity index (χ2n) is 7.54. The zero-order valence-electron chi connectivity index (χ0n) is 17.6. The number of hydrogen-bond acceptors (Lipinski definition) is 8. The number of hydrogen-bond donors (Lipinski definition) is 3. The lowest BCUT2D eigenvalue weighted by Crippen LogP contribution is -2.42. The summed E-state index contributed by atoms with van der Waals surface area (Å²) in [5.41, 5.74) is 0.0846. The van der Waals surface area contributed by atoms with Gasteiger partial charge in [-0.1, -0.05) is 11.8 Å². The number of amides is 1. The van der Waals surface area contributed by atoms with Crippen molar-refractivity contribution in [1.82, 2.24) is 15.3 Å². The molecule has 4 rings (SSSR count). The molecule has 12 heteroatoms. The first-order valence-corrected chi connectivity index (χ1v) is 10.8. The molecule has 2 atom stereocenters. The molecule has 0 aliphatic carbocycles. The summed E-state index contributed by atoms with van der Waals surface area (Å²) in [6, 6.07) is 4.66. The maximum absolute atomic E-state index is 15.1. The molecular formula is C20H22F2N6O3S. The Balaban J connectivity index is 1.83. The molecule has 9 nitrogen and oxygen atoms in total. The molecule has 1 fully saturated rings. The zero-order valence-corrected chi connectivity index (χ0v) is 18.5. The van der Waals surface area contributed by atoms with Gasteiger partial charge in [0.05, 0.1) is 19.3 Å². The molecule has 2 aromatic rings. The van der Waals surface area contributed by atoms with Crippen molar-refractivity contribution in [2.75, 3.05) is 43.2 Å². The van der Waals surface area contributed by atoms with Gasteiger partial charge in [0.15, 0.2) is 5.17 Å². The molecule has 170 valence electrons. The van der Waals surface area contributed by atoms with Crippen LogP contribution in [0.5, 0.6) is 5.88 Å². The highest BCUT2D eigenvalue weighted by Crippen LogP contribution is 2.47. The van der Waals surface area contributed by atoms with E-state index in [0.717, 1.165) is 0 Å². The summed E-state index contributed by atoms with van der Waals surface area (Å²) < 4.78 is 34.4. The van der Waals surface area contributed by atoms with Gasteiger partial charge in [-0.3, -0.25) is 5.32 Å². The summed E-state index contributed by atoms with van der Waals surface area (Å²) in [4.78, 5) is 26.2. The quantitative estimate of drug-likeness (QED) is 0.633. The number of aryl methyl sites for hydroxylation is 1. The fourth-order valence-electron chi connectivity index (χ4n) is 4.09. The molecule has 1 saturated heterocycles. The number of aromatic nitrogens is 2. The number of thioether (sulfide) groups is 1. The van der Waals surface area contributed by atoms with E-state index in [1.54, 1.807) is 24.1 Å². The molecule has 0 radical (unpaired) electrons. The van der Waals surface area contributed by atoms with Gasteiger partial charge in [0.25, 0.3) is 5.88 Å². The molecule has 1 aromatic heterocycles. The van der Waals surface area contributed by atoms with E-state index in [4.69, 9.17) is 9.73 Å². The Hall–Kier alpha value is -3.15. The number of fused-ring (bicyclic) bond motifs is 1. The molecule has 1 aromatic carbocycles. The first kappa shape index (κ1) is 22.1. The molecular weight excluding hydrogens is 442 g/mol. The standard InChI is InChI=1S/C20H22F2N6O3S/c1-10-15(22)16(31-3)25-17(24-10)28-7-11-8-32-18(26-19(29)30)27-20(11,9-28)13-6-12(23-2)4-5-14(13)21/h4-6,11,23H,7-9H2,1-3H3,(H,26,27)(H,29,30). The molecule has 3 N–H and O–H groups in total. The highest BCUT2D eigenvalue weighted by atomic mass is 32.2. The average Bonchev–Trinajstić information content (AvgIpc) is 3.15. The van der Waals surface area contributed by atoms with Crippen LogP contribution >= 0.6 is 11.8 Å². The molecule has 3 heterocycles. The monoisotopic (exact) mass is 464 g/mol. The first-order valence-electron chi connectivity index (χ1n) is 9.81. The largest absolute Gasteiger partial charge is 0.479 e. The van der Waals surface area contributed by atoms with E-state index in [9.17, 15) is 14.3 Å². The molecule has 0 bridgehead atoms. The summed E-state index contributed by atoms with van der Waals surface area (Å²) in [5, 5.41) is 14.7. The molecule has 2 aliphatic rings. The summed E-state index contributed by atoms with van der Waals surface area (Å²) in [7, 11) is 3.05. The highest BCUT2D eigenvalue weighted by Gasteiger charge is 2.52. The van der Waals surface area contributed by atoms with Crippen LogP contribution in [0.15, 0.2) is 23.2 Å². The number of halogens is 2. The molecule has 2 aliphatic heterocycles. The second-order valence-corrected chi connectivity index (χ2v) is 8.55. The van der Waals surface area contributed by atoms with E-state index in [0.29, 0.717) is 23.5 Å². The topological polar surface area (TPSA) is 112 Å². The van der Waals surface area contributed by atoms with Crippen molar-refractivity contribution >= 4 is 34.7 Å². The van der Waals surface area contributed by atoms with Gasteiger partial charge in [-0.25, -0.2) is 19.2 Å². The molecule has 0 spiro atoms. The van der Waals surface area contributed by atoms with Crippen molar-refractivity contribution in [3.8, 4) is 5.88 Å². The fourth-order valence-corrected chi connectivity index (χ4v) is 5.22. The SMILES string of the molecule is CNc1ccc(F)c(C23CN(c4nc(C)c(F)c(OC)n4)CC2CSC(NC(=O)O)=N3)c1. The van der Waals surface area contributed by atoms with Gasteiger partial charge in [-0.2, -0.15) is 9.37 Å². The van der Waals surface area contributed by atoms with Gasteiger partial charge in [0.1, 0.15) is 11.4 Å². The van der Waals surface area contributed by atoms with Gasteiger partial charge in [0.2, 0.25) is 11.8 Å². The van der Waals surface area contributed by atoms with Crippen LogP contribution in [0, 0.1) is 24.5 Å². The van der Waals surface area contributed by atoms with E-state index < -0.39 is 23.3 Å². The van der Waals surface area contributed by atoms with Crippen molar-refractivity contribution in [3.05, 3.63) is 41.1 Å². The van der Waals surface area contributed by atoms with Gasteiger partial charge in [-0.15, -0.1) is 0 Å². The fraction of sp³-hybridized carbons (Fsp3) is 0.400. The Morgan fingerprint density at radius 3 is 2.84 bits per heavy atom. The van der Waals surface area contributed by atoms with Crippen LogP contribution in [-0.2, 0) is 5.54 Å². The number of anilines is 2. The number of methoxy groups -OCH3 is 1. The summed E-state index contributed by atoms with van der Waals surface area (Å²) >= 11 is 1.26. The number of benzene rings is 1. The lowest BCUT2D eigenvalue weighted by molar-refractivity contribution is 0.200. The average molecular weight is 464 g/mol. The van der Waals surface area contributed by atoms with E-state index in [2.05, 4.69) is 20.6 Å². The van der Waals surface area contributed by atoms with Crippen LogP contribution < -0.4 is 20.3 Å². The minimum atomic E-state index is -1.24. The van der Waals surface area contributed by atoms with Crippen molar-refractivity contribution < 1.29 is 23.4 Å². The predicted octanol–water partition coefficient (Wildman–Crippen LogP) is 2.82. The highest BCUT2D eigenvalue weighted by molar-refractivity contribution is 8.13. The Labute approximate surface area is 187 Å². The Bertz CT molecular complexity index is 1100. The van der Waals surface area contributed by atoms with Gasteiger partial charge in [0, 0.05) is 36.5 Å². The third-order valence-electron chi connectivity index (χ3n) is 5.66. The van der Waals surface area contributed by atoms with Gasteiger partial charge >= 0.3 is 6.09 Å². The van der Waals surface area contributed by atoms with Crippen LogP contribution in [0.1, 0.15) is 11.3 Å². The minimum absolute atomic E-state index is 0.130. The number of nitrogens with zero attached hydrogens (tertiary/aromatic N) is 4. The van der Waals surface area contributed by atoms with Gasteiger partial charge < -0.3 is 20.1 Å². The van der Waals surface area contributed by atoms with Crippen molar-refractivity contribution in [3.63, 3.8) is 0 Å². The smallest absolute Gasteiger partial charge is 0.410 e. The van der Waals surface area contributed by atoms with E-state index in [1.165, 1.54) is 31.9 Å². The van der Waals surface area contributed by atoms with E-state index >= 15 is 4.39 Å². The number of carboxylic acid groups (broad SMARTS) is 1. The summed E-state index contributed by atoms with van der Waals surface area (Å²) in [6.45, 7) is 2.12. The van der Waals surface area contributed by atoms with E-state index in [-0.39, 0.29) is 35.2 Å². The van der Waals surface area contributed by atoms with E-state index in [1.807, 2.05) is 0 Å². The van der Waals surface area contributed by atoms with Crippen LogP contribution in [0.25, 0.3) is 0 Å². The molecule has 32 heavy (non-hydrogen) atoms. The Kier molecular flexibility index (Phi) is 5.80. The Morgan fingerprint density at radius 1 is 1.38 bits per heavy atom. The first-order chi connectivity index (χ1) is 15.3. The normalized spacial score (nSPS) is 22.2. The number of carbonyl (C=O) groups is 1. The van der Waals surface area contributed by atoms with Crippen molar-refractivity contribution in [2.24, 2.45) is 10.9 Å². The van der Waals surface area contributed by atoms with Crippen molar-refractivity contribution in [2.45, 2.75) is 12.5 Å². The third-order valence-corrected chi connectivity index (χ3v) is 6.69. The zero-order chi connectivity index (χ0) is 23.0. The molecule has 1 amide bonds. The predicted molar refractivity (Wildman–Crippen MR) is 118 cm³/mol. The van der Waals surface area contributed by atoms with Crippen molar-refractivity contribution in [1.29, 1.82) is 0 Å². The molecule has 0 saturated carbocycles. The van der Waals surface area contributed by atoms with Crippen LogP contribution in [0.4, 0.5) is 25.2 Å². The number of ether oxygens (including phenoxy) is 1. The van der Waals surface area contributed by atoms with Gasteiger partial charge in [-0.05, 0) is 25.1 Å². The molecule has 2 unspecified atom stereocenters. The maximum Gasteiger partial charge on any atom is 0.410 e. The summed E-state index contributed by atoms with van der Waals surface area (Å²) in [6.07, 6.45) is -1.24. The second kappa shape index (κ2) is 8.41. The van der Waals surface area contributed by atoms with Crippen LogP contribution in [0.2, 0.25) is 0 Å². The number of aliphatic imine (C=N–C) groups is 1. The number of rotatable bonds is 4. The maximum atomic E-state index is 15.1. The van der Waals surface area contributed by atoms with Crippen LogP contribution in [0.3, 0.4) is 0 Å². The lowest BCUT2D eigenvalue weighted by atomic mass is 9.81. The third kappa shape index (κ3) is 3.78. The number of nitrogens with one attached hydrogen (secondary N) is 2. The lowest BCUT2D eigenvalue weighted by Gasteiger charge is -2.35. The number of amidine groups is 1. The van der Waals surface area contributed by atoms with Crippen LogP contribution in [-0.4, -0.2) is 59.3 Å². The Morgan fingerprint density at radius 2 is 2.16 bits per heavy atom. The summed E-state index contributed by atoms with van der Waals surface area (Å²) in [5.74, 6) is -0.699.